The van der Waals surface area contributed by atoms with Gasteiger partial charge in [0.05, 0.1) is 26.8 Å². The minimum Gasteiger partial charge on any atom is -0.465 e. The third kappa shape index (κ3) is 7.85. The number of anilines is 3. The van der Waals surface area contributed by atoms with Crippen LogP contribution < -0.4 is 32.5 Å². The van der Waals surface area contributed by atoms with E-state index in [9.17, 15) is 22.8 Å². The van der Waals surface area contributed by atoms with Crippen LogP contribution in [0.1, 0.15) is 45.8 Å². The van der Waals surface area contributed by atoms with E-state index in [1.54, 1.807) is 13.0 Å². The van der Waals surface area contributed by atoms with E-state index in [1.807, 2.05) is 13.8 Å². The molecule has 0 saturated heterocycles. The molecule has 0 radical (unpaired) electrons. The highest BCUT2D eigenvalue weighted by Crippen LogP contribution is 2.38. The van der Waals surface area contributed by atoms with E-state index < -0.39 is 28.8 Å². The molecule has 0 bridgehead atoms. The zero-order chi connectivity index (χ0) is 29.8. The van der Waals surface area contributed by atoms with Crippen LogP contribution in [0, 0.1) is 6.92 Å². The number of carboxylic acid groups (broad SMARTS) is 1. The van der Waals surface area contributed by atoms with Crippen LogP contribution in [0.15, 0.2) is 42.7 Å². The lowest BCUT2D eigenvalue weighted by molar-refractivity contribution is -0.137. The molecule has 40 heavy (non-hydrogen) atoms. The molecule has 0 fully saturated rings. The number of hydrogen-bond donors (Lipinski definition) is 6. The maximum absolute atomic E-state index is 13.7. The second-order valence-electron chi connectivity index (χ2n) is 8.94. The predicted octanol–water partition coefficient (Wildman–Crippen LogP) is 5.60. The fraction of sp³-hybridized carbons (Fsp3) is 0.240. The maximum Gasteiger partial charge on any atom is 0.417 e. The number of carbonyl (C=O) groups is 2. The Morgan fingerprint density at radius 2 is 1.93 bits per heavy atom. The van der Waals surface area contributed by atoms with Crippen LogP contribution in [0.5, 0.6) is 0 Å². The molecule has 3 aromatic rings. The summed E-state index contributed by atoms with van der Waals surface area (Å²) in [5.41, 5.74) is 6.51. The number of alkyl halides is 3. The van der Waals surface area contributed by atoms with Gasteiger partial charge in [0, 0.05) is 36.2 Å². The molecule has 214 valence electrons. The van der Waals surface area contributed by atoms with Gasteiger partial charge in [-0.2, -0.15) is 13.2 Å². The van der Waals surface area contributed by atoms with Gasteiger partial charge < -0.3 is 21.5 Å². The monoisotopic (exact) mass is 597 g/mol. The van der Waals surface area contributed by atoms with Crippen molar-refractivity contribution >= 4 is 57.1 Å². The van der Waals surface area contributed by atoms with E-state index >= 15 is 0 Å². The fourth-order valence-electron chi connectivity index (χ4n) is 3.48. The van der Waals surface area contributed by atoms with Gasteiger partial charge in [0.15, 0.2) is 5.13 Å². The van der Waals surface area contributed by atoms with E-state index in [4.69, 9.17) is 28.3 Å². The van der Waals surface area contributed by atoms with E-state index in [2.05, 4.69) is 20.9 Å². The predicted molar refractivity (Wildman–Crippen MR) is 150 cm³/mol. The summed E-state index contributed by atoms with van der Waals surface area (Å²) in [4.78, 5) is 28.2. The van der Waals surface area contributed by atoms with Crippen molar-refractivity contribution in [3.8, 4) is 0 Å². The fourth-order valence-corrected chi connectivity index (χ4v) is 4.49. The van der Waals surface area contributed by atoms with Gasteiger partial charge in [-0.05, 0) is 42.3 Å². The maximum atomic E-state index is 13.7. The van der Waals surface area contributed by atoms with Crippen molar-refractivity contribution in [2.75, 3.05) is 15.6 Å². The summed E-state index contributed by atoms with van der Waals surface area (Å²) >= 11 is 7.04. The van der Waals surface area contributed by atoms with E-state index in [0.29, 0.717) is 16.1 Å². The van der Waals surface area contributed by atoms with E-state index in [-0.39, 0.29) is 40.2 Å². The summed E-state index contributed by atoms with van der Waals surface area (Å²) in [6.45, 7) is 5.49. The molecule has 0 aliphatic carbocycles. The number of nitrogens with two attached hydrogens (primary N) is 2. The summed E-state index contributed by atoms with van der Waals surface area (Å²) in [7, 11) is 0. The lowest BCUT2D eigenvalue weighted by atomic mass is 10.1. The molecule has 0 aliphatic heterocycles. The number of hydrogen-bond acceptors (Lipinski definition) is 8. The molecule has 15 heteroatoms. The summed E-state index contributed by atoms with van der Waals surface area (Å²) in [5, 5.41) is 17.3. The second-order valence-corrected chi connectivity index (χ2v) is 10.3. The molecular weight excluding hydrogens is 571 g/mol. The van der Waals surface area contributed by atoms with Crippen LogP contribution in [0.25, 0.3) is 5.70 Å². The lowest BCUT2D eigenvalue weighted by Crippen LogP contribution is -2.27. The zero-order valence-corrected chi connectivity index (χ0v) is 23.1. The van der Waals surface area contributed by atoms with Gasteiger partial charge in [0.25, 0.3) is 5.91 Å². The normalized spacial score (nSPS) is 12.0. The van der Waals surface area contributed by atoms with Crippen LogP contribution in [0.2, 0.25) is 5.02 Å². The molecule has 1 aromatic heterocycles. The van der Waals surface area contributed by atoms with Crippen molar-refractivity contribution in [3.05, 3.63) is 74.9 Å². The van der Waals surface area contributed by atoms with E-state index in [1.165, 1.54) is 35.6 Å². The van der Waals surface area contributed by atoms with Gasteiger partial charge in [0.2, 0.25) is 0 Å². The Kier molecular flexibility index (Phi) is 9.63. The molecule has 0 spiro atoms. The van der Waals surface area contributed by atoms with Gasteiger partial charge >= 0.3 is 12.3 Å². The smallest absolute Gasteiger partial charge is 0.417 e. The highest BCUT2D eigenvalue weighted by molar-refractivity contribution is 7.16. The Bertz CT molecular complexity index is 1440. The first-order chi connectivity index (χ1) is 18.6. The first-order valence-electron chi connectivity index (χ1n) is 11.7. The third-order valence-corrected chi connectivity index (χ3v) is 6.85. The standard InChI is InChI=1S/C25H27ClF3N7O3S/c1-12(2)32-9-15-6-16(8-17(21(15)26)25(27,28)29)34-22(37)14-5-4-13(3)19(7-14)36(31)11-18(30)20-10-33-23(40-20)35-24(38)39/h4-8,10-12,32H,9,30-31H2,1-3H3,(H,33,35)(H,34,37)(H,38,39)/b18-11-. The largest absolute Gasteiger partial charge is 0.465 e. The van der Waals surface area contributed by atoms with Crippen LogP contribution in [-0.4, -0.2) is 28.1 Å². The second kappa shape index (κ2) is 12.6. The zero-order valence-electron chi connectivity index (χ0n) is 21.6. The first kappa shape index (κ1) is 30.7. The van der Waals surface area contributed by atoms with Gasteiger partial charge in [-0.15, -0.1) is 0 Å². The van der Waals surface area contributed by atoms with Crippen molar-refractivity contribution in [2.45, 2.75) is 39.5 Å². The average molecular weight is 598 g/mol. The summed E-state index contributed by atoms with van der Waals surface area (Å²) in [6.07, 6.45) is -3.26. The molecule has 8 N–H and O–H groups in total. The van der Waals surface area contributed by atoms with Crippen LogP contribution in [0.3, 0.4) is 0 Å². The summed E-state index contributed by atoms with van der Waals surface area (Å²) in [6, 6.07) is 6.76. The van der Waals surface area contributed by atoms with Gasteiger partial charge in [0.1, 0.15) is 0 Å². The van der Waals surface area contributed by atoms with Crippen molar-refractivity contribution < 1.29 is 27.9 Å². The number of carbonyl (C=O) groups excluding carboxylic acids is 1. The van der Waals surface area contributed by atoms with Crippen LogP contribution in [0.4, 0.5) is 34.5 Å². The molecule has 0 saturated carbocycles. The molecule has 10 nitrogen and oxygen atoms in total. The number of aromatic nitrogens is 1. The topological polar surface area (TPSA) is 159 Å². The third-order valence-electron chi connectivity index (χ3n) is 5.44. The van der Waals surface area contributed by atoms with Gasteiger partial charge in [-0.3, -0.25) is 15.1 Å². The van der Waals surface area contributed by atoms with E-state index in [0.717, 1.165) is 17.4 Å². The SMILES string of the molecule is Cc1ccc(C(=O)Nc2cc(CNC(C)C)c(Cl)c(C(F)(F)F)c2)cc1N(N)/C=C(\N)c1cnc(NC(=O)O)s1. The summed E-state index contributed by atoms with van der Waals surface area (Å²) < 4.78 is 41.0. The van der Waals surface area contributed by atoms with Gasteiger partial charge in [-0.1, -0.05) is 42.9 Å². The Morgan fingerprint density at radius 3 is 2.55 bits per heavy atom. The number of nitrogens with one attached hydrogen (secondary N) is 3. The molecule has 3 rings (SSSR count). The van der Waals surface area contributed by atoms with Crippen molar-refractivity contribution in [1.82, 2.24) is 10.3 Å². The number of hydrazine groups is 1. The Morgan fingerprint density at radius 1 is 1.23 bits per heavy atom. The lowest BCUT2D eigenvalue weighted by Gasteiger charge is -2.19. The number of amides is 2. The highest BCUT2D eigenvalue weighted by atomic mass is 35.5. The number of nitrogens with zero attached hydrogens (tertiary/aromatic N) is 2. The molecule has 0 atom stereocenters. The first-order valence-corrected chi connectivity index (χ1v) is 12.9. The Balaban J connectivity index is 1.87. The molecule has 2 aromatic carbocycles. The Labute approximate surface area is 236 Å². The molecule has 1 heterocycles. The number of aryl methyl sites for hydroxylation is 1. The molecule has 0 unspecified atom stereocenters. The number of halogens is 4. The summed E-state index contributed by atoms with van der Waals surface area (Å²) in [5.74, 6) is 5.51. The number of rotatable bonds is 9. The number of benzene rings is 2. The van der Waals surface area contributed by atoms with Crippen molar-refractivity contribution in [1.29, 1.82) is 0 Å². The molecule has 0 aliphatic rings. The highest BCUT2D eigenvalue weighted by Gasteiger charge is 2.35. The van der Waals surface area contributed by atoms with Crippen LogP contribution >= 0.6 is 22.9 Å². The van der Waals surface area contributed by atoms with Crippen molar-refractivity contribution in [2.24, 2.45) is 11.6 Å². The minimum atomic E-state index is -4.73. The quantitative estimate of drug-likeness (QED) is 0.137. The van der Waals surface area contributed by atoms with Crippen molar-refractivity contribution in [3.63, 3.8) is 0 Å². The average Bonchev–Trinajstić information content (AvgIpc) is 3.31. The number of thiazole rings is 1. The molecule has 2 amide bonds. The van der Waals surface area contributed by atoms with Crippen LogP contribution in [-0.2, 0) is 12.7 Å². The van der Waals surface area contributed by atoms with Gasteiger partial charge in [-0.25, -0.2) is 15.6 Å². The molecular formula is C25H27ClF3N7O3S. The Hall–Kier alpha value is -3.85. The minimum absolute atomic E-state index is 0.00327.